The minimum atomic E-state index is -0.396. The summed E-state index contributed by atoms with van der Waals surface area (Å²) in [5.74, 6) is 1.10. The summed E-state index contributed by atoms with van der Waals surface area (Å²) in [6, 6.07) is 9.94. The number of rotatable bonds is 10. The number of fused-ring (bicyclic) bond motifs is 3. The highest BCUT2D eigenvalue weighted by Gasteiger charge is 2.72. The first-order valence-corrected chi connectivity index (χ1v) is 20.4. The fourth-order valence-electron chi connectivity index (χ4n) is 12.8. The van der Waals surface area contributed by atoms with Crippen LogP contribution in [0.5, 0.6) is 0 Å². The lowest BCUT2D eigenvalue weighted by Crippen LogP contribution is -2.70. The number of carbonyl (C=O) groups excluding carboxylic acids is 2. The van der Waals surface area contributed by atoms with Gasteiger partial charge in [0.2, 0.25) is 0 Å². The number of hydrogen-bond donors (Lipinski definition) is 1. The molecule has 0 amide bonds. The molecule has 1 saturated heterocycles. The average Bonchev–Trinajstić information content (AvgIpc) is 3.08. The van der Waals surface area contributed by atoms with Crippen LogP contribution in [-0.4, -0.2) is 49.5 Å². The maximum atomic E-state index is 14.7. The summed E-state index contributed by atoms with van der Waals surface area (Å²) >= 11 is 0. The van der Waals surface area contributed by atoms with Crippen molar-refractivity contribution in [2.45, 2.75) is 146 Å². The Bertz CT molecular complexity index is 1510. The van der Waals surface area contributed by atoms with Crippen molar-refractivity contribution in [3.05, 3.63) is 47.5 Å². The molecule has 1 aliphatic heterocycles. The molecule has 2 N–H and O–H groups in total. The van der Waals surface area contributed by atoms with E-state index < -0.39 is 6.10 Å². The Morgan fingerprint density at radius 1 is 0.923 bits per heavy atom. The van der Waals surface area contributed by atoms with Crippen molar-refractivity contribution in [2.24, 2.45) is 68.3 Å². The number of ether oxygens (including phenoxy) is 4. The van der Waals surface area contributed by atoms with Crippen LogP contribution in [0.2, 0.25) is 0 Å². The zero-order chi connectivity index (χ0) is 38.0. The van der Waals surface area contributed by atoms with E-state index in [0.29, 0.717) is 49.9 Å². The predicted octanol–water partition coefficient (Wildman–Crippen LogP) is 8.92. The van der Waals surface area contributed by atoms with Gasteiger partial charge in [-0.15, -0.1) is 0 Å². The molecular weight excluding hydrogens is 650 g/mol. The molecule has 4 fully saturated rings. The summed E-state index contributed by atoms with van der Waals surface area (Å²) in [6.45, 7) is 25.9. The second-order valence-corrected chi connectivity index (χ2v) is 19.5. The topological polar surface area (TPSA) is 97.1 Å². The maximum Gasteiger partial charge on any atom is 0.310 e. The second kappa shape index (κ2) is 14.1. The van der Waals surface area contributed by atoms with E-state index in [9.17, 15) is 9.59 Å². The van der Waals surface area contributed by atoms with Crippen LogP contribution < -0.4 is 5.73 Å². The van der Waals surface area contributed by atoms with Crippen LogP contribution in [-0.2, 0) is 35.1 Å². The molecule has 290 valence electrons. The molecule has 1 aromatic rings. The van der Waals surface area contributed by atoms with Gasteiger partial charge < -0.3 is 24.7 Å². The molecule has 13 atom stereocenters. The normalized spacial score (nSPS) is 41.5. The number of carbonyl (C=O) groups is 2. The van der Waals surface area contributed by atoms with Crippen molar-refractivity contribution in [2.75, 3.05) is 13.2 Å². The summed E-state index contributed by atoms with van der Waals surface area (Å²) in [7, 11) is 0. The first-order valence-electron chi connectivity index (χ1n) is 20.4. The molecule has 0 aromatic heterocycles. The monoisotopic (exact) mass is 720 g/mol. The van der Waals surface area contributed by atoms with Gasteiger partial charge in [0, 0.05) is 23.8 Å². The molecule has 6 rings (SSSR count). The second-order valence-electron chi connectivity index (χ2n) is 19.5. The molecule has 0 spiro atoms. The predicted molar refractivity (Wildman–Crippen MR) is 205 cm³/mol. The molecule has 7 heteroatoms. The zero-order valence-electron chi connectivity index (χ0n) is 34.1. The van der Waals surface area contributed by atoms with Crippen molar-refractivity contribution < 1.29 is 28.5 Å². The largest absolute Gasteiger partial charge is 0.461 e. The van der Waals surface area contributed by atoms with E-state index in [4.69, 9.17) is 24.7 Å². The molecule has 0 radical (unpaired) electrons. The van der Waals surface area contributed by atoms with Gasteiger partial charge in [-0.1, -0.05) is 104 Å². The summed E-state index contributed by atoms with van der Waals surface area (Å²) in [4.78, 5) is 27.5. The van der Waals surface area contributed by atoms with Crippen LogP contribution in [0.25, 0.3) is 0 Å². The Kier molecular flexibility index (Phi) is 10.7. The Labute approximate surface area is 314 Å². The van der Waals surface area contributed by atoms with Gasteiger partial charge >= 0.3 is 11.9 Å². The molecule has 4 aliphatic carbocycles. The van der Waals surface area contributed by atoms with E-state index in [1.165, 1.54) is 12.5 Å². The minimum Gasteiger partial charge on any atom is -0.461 e. The van der Waals surface area contributed by atoms with E-state index in [0.717, 1.165) is 37.7 Å². The van der Waals surface area contributed by atoms with E-state index in [2.05, 4.69) is 75.3 Å². The quantitative estimate of drug-likeness (QED) is 0.191. The van der Waals surface area contributed by atoms with Crippen LogP contribution in [0.4, 0.5) is 0 Å². The van der Waals surface area contributed by atoms with Gasteiger partial charge in [-0.2, -0.15) is 0 Å². The van der Waals surface area contributed by atoms with E-state index in [1.807, 2.05) is 30.3 Å². The van der Waals surface area contributed by atoms with Gasteiger partial charge in [-0.05, 0) is 96.8 Å². The molecular formula is C45H69NO6. The highest BCUT2D eigenvalue weighted by atomic mass is 16.6. The molecule has 52 heavy (non-hydrogen) atoms. The molecule has 7 nitrogen and oxygen atoms in total. The molecule has 2 unspecified atom stereocenters. The molecule has 2 bridgehead atoms. The third-order valence-electron chi connectivity index (χ3n) is 16.3. The van der Waals surface area contributed by atoms with Crippen LogP contribution in [0.3, 0.4) is 0 Å². The summed E-state index contributed by atoms with van der Waals surface area (Å²) in [6.07, 6.45) is 7.28. The molecule has 3 saturated carbocycles. The first kappa shape index (κ1) is 39.5. The smallest absolute Gasteiger partial charge is 0.310 e. The fraction of sp³-hybridized carbons (Fsp3) is 0.778. The summed E-state index contributed by atoms with van der Waals surface area (Å²) in [5, 5.41) is 0. The van der Waals surface area contributed by atoms with E-state index in [1.54, 1.807) is 0 Å². The van der Waals surface area contributed by atoms with Crippen molar-refractivity contribution >= 4 is 11.9 Å². The number of hydrogen-bond acceptors (Lipinski definition) is 7. The Morgan fingerprint density at radius 2 is 1.62 bits per heavy atom. The van der Waals surface area contributed by atoms with Crippen LogP contribution in [0.15, 0.2) is 42.0 Å². The molecule has 1 aromatic carbocycles. The first-order chi connectivity index (χ1) is 24.4. The van der Waals surface area contributed by atoms with Gasteiger partial charge in [0.25, 0.3) is 0 Å². The van der Waals surface area contributed by atoms with Crippen LogP contribution in [0, 0.1) is 62.6 Å². The Balaban J connectivity index is 1.40. The lowest BCUT2D eigenvalue weighted by atomic mass is 9.34. The van der Waals surface area contributed by atoms with Crippen molar-refractivity contribution in [3.8, 4) is 0 Å². The number of benzene rings is 1. The van der Waals surface area contributed by atoms with E-state index in [-0.39, 0.29) is 69.1 Å². The fourth-order valence-corrected chi connectivity index (χ4v) is 12.8. The lowest BCUT2D eigenvalue weighted by Gasteiger charge is -2.71. The van der Waals surface area contributed by atoms with E-state index >= 15 is 0 Å². The third kappa shape index (κ3) is 6.11. The van der Waals surface area contributed by atoms with Gasteiger partial charge in [-0.25, -0.2) is 0 Å². The SMILES string of the molecule is CC(=O)O[C@@H]1C[C@@]23COC[C@@](C)([C@@H]2CC[C@H]2C3=CC[C@@]3(C)[C@H](C(=O)OCc4ccccc4)[C@@](C)([C@H](C)C(C)C)CC[C@]23C)[C@H]1OC(C)C(N)C(C)C. The number of allylic oxidation sites excluding steroid dienone is 1. The zero-order valence-corrected chi connectivity index (χ0v) is 34.1. The highest BCUT2D eigenvalue weighted by Crippen LogP contribution is 2.75. The minimum absolute atomic E-state index is 0.0501. The Hall–Kier alpha value is -2.22. The van der Waals surface area contributed by atoms with Gasteiger partial charge in [-0.3, -0.25) is 9.59 Å². The lowest BCUT2D eigenvalue weighted by molar-refractivity contribution is -0.275. The van der Waals surface area contributed by atoms with Crippen molar-refractivity contribution in [1.29, 1.82) is 0 Å². The van der Waals surface area contributed by atoms with Gasteiger partial charge in [0.1, 0.15) is 18.8 Å². The molecule has 1 heterocycles. The standard InChI is InChI=1S/C45H69NO6/c1-27(2)29(5)41(8)21-22-43(10)33-17-18-36-42(9)25-49-26-45(36,23-35(52-31(7)47)39(42)51-30(6)37(46)28(3)4)34(33)19-20-44(43,11)38(41)40(48)50-24-32-15-13-12-14-16-32/h12-16,19,27-30,33,35-39H,17-18,20-26,46H2,1-11H3/t29-,30?,33+,35-,36+,37?,38-,39+,41-,42+,43-,44+,45+/m1/s1. The molecule has 5 aliphatic rings. The summed E-state index contributed by atoms with van der Waals surface area (Å²) in [5.41, 5.74) is 7.89. The van der Waals surface area contributed by atoms with Gasteiger partial charge in [0.05, 0.1) is 25.2 Å². The van der Waals surface area contributed by atoms with Crippen molar-refractivity contribution in [1.82, 2.24) is 0 Å². The number of esters is 2. The maximum absolute atomic E-state index is 14.7. The van der Waals surface area contributed by atoms with Crippen LogP contribution in [0.1, 0.15) is 120 Å². The highest BCUT2D eigenvalue weighted by molar-refractivity contribution is 5.75. The third-order valence-corrected chi connectivity index (χ3v) is 16.3. The van der Waals surface area contributed by atoms with Crippen LogP contribution >= 0.6 is 0 Å². The van der Waals surface area contributed by atoms with Gasteiger partial charge in [0.15, 0.2) is 0 Å². The van der Waals surface area contributed by atoms with Crippen molar-refractivity contribution in [3.63, 3.8) is 0 Å². The summed E-state index contributed by atoms with van der Waals surface area (Å²) < 4.78 is 26.2. The average molecular weight is 720 g/mol. The number of nitrogens with two attached hydrogens (primary N) is 1. The Morgan fingerprint density at radius 3 is 2.25 bits per heavy atom.